The van der Waals surface area contributed by atoms with Crippen molar-refractivity contribution in [2.45, 2.75) is 13.8 Å². The standard InChI is InChI=1S/C10H9NOS/c1-6-10-8(3-4-11-6)9(5-13-10)7(2)12/h3-5H,1-2H3. The molecule has 0 aliphatic carbocycles. The SMILES string of the molecule is CC(=O)c1csc2c(C)nccc12. The molecule has 3 heteroatoms. The van der Waals surface area contributed by atoms with E-state index in [1.165, 1.54) is 0 Å². The number of aryl methyl sites for hydroxylation is 1. The topological polar surface area (TPSA) is 30.0 Å². The fourth-order valence-corrected chi connectivity index (χ4v) is 2.42. The van der Waals surface area contributed by atoms with E-state index in [0.717, 1.165) is 21.3 Å². The number of rotatable bonds is 1. The second-order valence-electron chi connectivity index (χ2n) is 2.98. The quantitative estimate of drug-likeness (QED) is 0.649. The number of Topliss-reactive ketones (excluding diaryl/α,β-unsaturated/α-hetero) is 1. The minimum absolute atomic E-state index is 0.122. The van der Waals surface area contributed by atoms with Gasteiger partial charge in [-0.05, 0) is 19.9 Å². The van der Waals surface area contributed by atoms with Crippen molar-refractivity contribution in [2.75, 3.05) is 0 Å². The molecule has 13 heavy (non-hydrogen) atoms. The number of pyridine rings is 1. The van der Waals surface area contributed by atoms with Gasteiger partial charge in [0.1, 0.15) is 0 Å². The molecular weight excluding hydrogens is 182 g/mol. The third kappa shape index (κ3) is 1.25. The Morgan fingerprint density at radius 1 is 1.54 bits per heavy atom. The highest BCUT2D eigenvalue weighted by atomic mass is 32.1. The number of nitrogens with zero attached hydrogens (tertiary/aromatic N) is 1. The number of aromatic nitrogens is 1. The van der Waals surface area contributed by atoms with Gasteiger partial charge in [-0.1, -0.05) is 0 Å². The number of ketones is 1. The Hall–Kier alpha value is -1.22. The maximum atomic E-state index is 11.2. The number of hydrogen-bond acceptors (Lipinski definition) is 3. The highest BCUT2D eigenvalue weighted by Gasteiger charge is 2.09. The minimum Gasteiger partial charge on any atom is -0.294 e. The first-order chi connectivity index (χ1) is 6.20. The Balaban J connectivity index is 2.83. The minimum atomic E-state index is 0.122. The molecule has 0 aliphatic rings. The van der Waals surface area contributed by atoms with Crippen molar-refractivity contribution in [1.29, 1.82) is 0 Å². The summed E-state index contributed by atoms with van der Waals surface area (Å²) in [5.74, 6) is 0.122. The molecule has 2 nitrogen and oxygen atoms in total. The van der Waals surface area contributed by atoms with Crippen LogP contribution in [0.1, 0.15) is 23.0 Å². The molecule has 2 rings (SSSR count). The maximum absolute atomic E-state index is 11.2. The molecule has 66 valence electrons. The van der Waals surface area contributed by atoms with E-state index in [-0.39, 0.29) is 5.78 Å². The predicted octanol–water partition coefficient (Wildman–Crippen LogP) is 2.81. The maximum Gasteiger partial charge on any atom is 0.161 e. The second-order valence-corrected chi connectivity index (χ2v) is 3.86. The van der Waals surface area contributed by atoms with Crippen molar-refractivity contribution in [3.8, 4) is 0 Å². The van der Waals surface area contributed by atoms with Crippen molar-refractivity contribution in [3.63, 3.8) is 0 Å². The van der Waals surface area contributed by atoms with E-state index in [2.05, 4.69) is 4.98 Å². The monoisotopic (exact) mass is 191 g/mol. The van der Waals surface area contributed by atoms with Gasteiger partial charge < -0.3 is 0 Å². The zero-order valence-corrected chi connectivity index (χ0v) is 8.31. The summed E-state index contributed by atoms with van der Waals surface area (Å²) in [7, 11) is 0. The molecule has 2 aromatic heterocycles. The molecule has 0 radical (unpaired) electrons. The highest BCUT2D eigenvalue weighted by molar-refractivity contribution is 7.17. The van der Waals surface area contributed by atoms with E-state index in [1.807, 2.05) is 18.4 Å². The summed E-state index contributed by atoms with van der Waals surface area (Å²) in [6, 6.07) is 1.90. The molecule has 0 fully saturated rings. The number of thiophene rings is 1. The molecule has 0 spiro atoms. The fraction of sp³-hybridized carbons (Fsp3) is 0.200. The van der Waals surface area contributed by atoms with Crippen LogP contribution in [0.5, 0.6) is 0 Å². The van der Waals surface area contributed by atoms with Crippen molar-refractivity contribution in [2.24, 2.45) is 0 Å². The Bertz CT molecular complexity index is 473. The lowest BCUT2D eigenvalue weighted by molar-refractivity contribution is 0.101. The second kappa shape index (κ2) is 2.92. The Kier molecular flexibility index (Phi) is 1.88. The molecule has 0 saturated carbocycles. The van der Waals surface area contributed by atoms with Crippen LogP contribution in [0.2, 0.25) is 0 Å². The smallest absolute Gasteiger partial charge is 0.161 e. The van der Waals surface area contributed by atoms with Gasteiger partial charge in [-0.3, -0.25) is 9.78 Å². The van der Waals surface area contributed by atoms with Crippen molar-refractivity contribution in [3.05, 3.63) is 28.9 Å². The van der Waals surface area contributed by atoms with Gasteiger partial charge in [-0.2, -0.15) is 0 Å². The Labute approximate surface area is 80.2 Å². The molecule has 0 saturated heterocycles. The zero-order chi connectivity index (χ0) is 9.42. The van der Waals surface area contributed by atoms with Gasteiger partial charge in [0.25, 0.3) is 0 Å². The summed E-state index contributed by atoms with van der Waals surface area (Å²) in [6.45, 7) is 3.56. The lowest BCUT2D eigenvalue weighted by Gasteiger charge is -1.94. The van der Waals surface area contributed by atoms with E-state index >= 15 is 0 Å². The van der Waals surface area contributed by atoms with Crippen LogP contribution in [0.15, 0.2) is 17.6 Å². The van der Waals surface area contributed by atoms with E-state index in [4.69, 9.17) is 0 Å². The number of carbonyl (C=O) groups is 1. The van der Waals surface area contributed by atoms with E-state index in [0.29, 0.717) is 0 Å². The van der Waals surface area contributed by atoms with Gasteiger partial charge in [-0.25, -0.2) is 0 Å². The molecule has 0 bridgehead atoms. The average Bonchev–Trinajstić information content (AvgIpc) is 2.48. The average molecular weight is 191 g/mol. The Morgan fingerprint density at radius 2 is 2.31 bits per heavy atom. The third-order valence-corrected chi connectivity index (χ3v) is 3.15. The molecule has 2 heterocycles. The first-order valence-electron chi connectivity index (χ1n) is 4.04. The van der Waals surface area contributed by atoms with Crippen LogP contribution in [0.3, 0.4) is 0 Å². The molecule has 0 amide bonds. The number of carbonyl (C=O) groups excluding carboxylic acids is 1. The van der Waals surface area contributed by atoms with Crippen molar-refractivity contribution < 1.29 is 4.79 Å². The molecule has 0 aromatic carbocycles. The van der Waals surface area contributed by atoms with Gasteiger partial charge >= 0.3 is 0 Å². The van der Waals surface area contributed by atoms with Gasteiger partial charge in [0.05, 0.1) is 10.4 Å². The predicted molar refractivity (Wildman–Crippen MR) is 54.4 cm³/mol. The molecule has 0 atom stereocenters. The molecular formula is C10H9NOS. The van der Waals surface area contributed by atoms with Crippen molar-refractivity contribution >= 4 is 27.2 Å². The summed E-state index contributed by atoms with van der Waals surface area (Å²) in [6.07, 6.45) is 1.75. The molecule has 0 N–H and O–H groups in total. The molecule has 2 aromatic rings. The van der Waals surface area contributed by atoms with Gasteiger partial charge in [0.15, 0.2) is 5.78 Å². The van der Waals surface area contributed by atoms with Gasteiger partial charge in [0, 0.05) is 22.5 Å². The van der Waals surface area contributed by atoms with E-state index in [1.54, 1.807) is 24.5 Å². The van der Waals surface area contributed by atoms with Gasteiger partial charge in [0.2, 0.25) is 0 Å². The first-order valence-corrected chi connectivity index (χ1v) is 4.92. The van der Waals surface area contributed by atoms with Crippen LogP contribution in [0.25, 0.3) is 10.1 Å². The molecule has 0 unspecified atom stereocenters. The lowest BCUT2D eigenvalue weighted by Crippen LogP contribution is -1.89. The van der Waals surface area contributed by atoms with Crippen LogP contribution in [0.4, 0.5) is 0 Å². The normalized spacial score (nSPS) is 10.6. The summed E-state index contributed by atoms with van der Waals surface area (Å²) in [4.78, 5) is 15.4. The molecule has 0 aliphatic heterocycles. The number of hydrogen-bond donors (Lipinski definition) is 0. The Morgan fingerprint density at radius 3 is 3.00 bits per heavy atom. The van der Waals surface area contributed by atoms with Crippen LogP contribution < -0.4 is 0 Å². The van der Waals surface area contributed by atoms with Crippen LogP contribution in [-0.4, -0.2) is 10.8 Å². The summed E-state index contributed by atoms with van der Waals surface area (Å²) in [5, 5.41) is 2.94. The highest BCUT2D eigenvalue weighted by Crippen LogP contribution is 2.27. The summed E-state index contributed by atoms with van der Waals surface area (Å²) < 4.78 is 1.12. The largest absolute Gasteiger partial charge is 0.294 e. The van der Waals surface area contributed by atoms with E-state index in [9.17, 15) is 4.79 Å². The third-order valence-electron chi connectivity index (χ3n) is 2.05. The summed E-state index contributed by atoms with van der Waals surface area (Å²) >= 11 is 1.59. The van der Waals surface area contributed by atoms with Crippen LogP contribution in [0, 0.1) is 6.92 Å². The van der Waals surface area contributed by atoms with Gasteiger partial charge in [-0.15, -0.1) is 11.3 Å². The van der Waals surface area contributed by atoms with Crippen LogP contribution >= 0.6 is 11.3 Å². The fourth-order valence-electron chi connectivity index (χ4n) is 1.37. The summed E-state index contributed by atoms with van der Waals surface area (Å²) in [5.41, 5.74) is 1.81. The lowest BCUT2D eigenvalue weighted by atomic mass is 10.1. The van der Waals surface area contributed by atoms with E-state index < -0.39 is 0 Å². The van der Waals surface area contributed by atoms with Crippen molar-refractivity contribution in [1.82, 2.24) is 4.98 Å². The zero-order valence-electron chi connectivity index (χ0n) is 7.50. The first kappa shape index (κ1) is 8.38. The number of fused-ring (bicyclic) bond motifs is 1. The van der Waals surface area contributed by atoms with Crippen LogP contribution in [-0.2, 0) is 0 Å².